The van der Waals surface area contributed by atoms with Crippen LogP contribution >= 0.6 is 0 Å². The quantitative estimate of drug-likeness (QED) is 0.136. The number of methoxy groups -OCH3 is 1. The molecular weight excluding hydrogens is 927 g/mol. The number of hydrogen-bond acceptors (Lipinski definition) is 10. The molecule has 1 N–H and O–H groups in total. The van der Waals surface area contributed by atoms with Crippen LogP contribution in [0.2, 0.25) is 0 Å². The van der Waals surface area contributed by atoms with Crippen molar-refractivity contribution in [2.75, 3.05) is 56.2 Å². The zero-order valence-corrected chi connectivity index (χ0v) is 43.3. The smallest absolute Gasteiger partial charge is 0.264 e. The Kier molecular flexibility index (Phi) is 12.3. The Morgan fingerprint density at radius 3 is 2.33 bits per heavy atom. The number of hydrogen-bond donors (Lipinski definition) is 1. The molecule has 4 fully saturated rings. The van der Waals surface area contributed by atoms with E-state index < -0.39 is 6.43 Å². The molecule has 14 nitrogen and oxygen atoms in total. The van der Waals surface area contributed by atoms with Crippen molar-refractivity contribution in [1.82, 2.24) is 34.7 Å². The van der Waals surface area contributed by atoms with Crippen LogP contribution in [0.1, 0.15) is 124 Å². The maximum atomic E-state index is 14.8. The number of likely N-dealkylation sites (tertiary alicyclic amines) is 1. The van der Waals surface area contributed by atoms with E-state index >= 15 is 0 Å². The Morgan fingerprint density at radius 2 is 1.67 bits per heavy atom. The number of benzene rings is 3. The monoisotopic (exact) mass is 995 g/mol. The average Bonchev–Trinajstić information content (AvgIpc) is 3.68. The Labute approximate surface area is 427 Å². The van der Waals surface area contributed by atoms with E-state index in [1.54, 1.807) is 62.4 Å². The molecule has 2 saturated carbocycles. The molecule has 2 aliphatic carbocycles. The number of ether oxygens (including phenoxy) is 2. The summed E-state index contributed by atoms with van der Waals surface area (Å²) in [5.74, 6) is 1.84. The summed E-state index contributed by atoms with van der Waals surface area (Å²) in [6.45, 7) is 15.9. The van der Waals surface area contributed by atoms with Crippen LogP contribution in [0.3, 0.4) is 0 Å². The minimum Gasteiger partial charge on any atom is -0.495 e. The number of halogens is 2. The Balaban J connectivity index is 0.712. The SMILES string of the molecule is COc1cc(OC2C(C)(C)C(NC(=O)c3ccc(N4CCC5(CC4)CC5N4CCC(n5nc(N6CCCc7cc(-c8cnn(C)c8)c(C(F)F)cc76)c6c5CCN(C(C)=O)C6)CC4)cc3)C2(C)C)ccc1C#N. The van der Waals surface area contributed by atoms with Gasteiger partial charge in [0.1, 0.15) is 23.7 Å². The molecule has 384 valence electrons. The van der Waals surface area contributed by atoms with Crippen LogP contribution in [0.5, 0.6) is 11.5 Å². The average molecular weight is 995 g/mol. The second-order valence-corrected chi connectivity index (χ2v) is 22.8. The minimum absolute atomic E-state index is 0.00595. The number of nitriles is 1. The number of carbonyl (C=O) groups is 2. The summed E-state index contributed by atoms with van der Waals surface area (Å²) < 4.78 is 45.4. The number of nitrogens with zero attached hydrogens (tertiary/aromatic N) is 9. The highest BCUT2D eigenvalue weighted by Crippen LogP contribution is 2.58. The highest BCUT2D eigenvalue weighted by atomic mass is 19.3. The highest BCUT2D eigenvalue weighted by Gasteiger charge is 2.64. The summed E-state index contributed by atoms with van der Waals surface area (Å²) >= 11 is 0. The van der Waals surface area contributed by atoms with Crippen LogP contribution in [0.15, 0.2) is 67.0 Å². The zero-order valence-electron chi connectivity index (χ0n) is 43.3. The fourth-order valence-corrected chi connectivity index (χ4v) is 13.9. The van der Waals surface area contributed by atoms with Gasteiger partial charge in [0.25, 0.3) is 12.3 Å². The van der Waals surface area contributed by atoms with Gasteiger partial charge in [-0.15, -0.1) is 0 Å². The molecular formula is C57H68F2N10O4. The minimum atomic E-state index is -2.66. The standard InChI is InChI=1S/C57H68F2N10O4/c1-35(70)67-24-18-46-45(34-67)51(68-21-8-9-37-27-43(39-32-61-64(6)33-39)44(50(58)59)29-47(37)68)63-69(46)41-16-22-66(23-17-41)49-30-57(49)19-25-65(26-20-57)40-13-10-36(11-14-40)52(71)62-53-55(2,3)54(56(53,4)5)73-42-15-12-38(31-60)48(28-42)72-7/h10-15,27-29,32-33,41,49-50,53-54H,8-9,16-26,30,34H2,1-7H3,(H,62,71). The van der Waals surface area contributed by atoms with Gasteiger partial charge >= 0.3 is 0 Å². The summed E-state index contributed by atoms with van der Waals surface area (Å²) in [7, 11) is 3.34. The first-order valence-corrected chi connectivity index (χ1v) is 26.2. The zero-order chi connectivity index (χ0) is 51.1. The molecule has 2 amide bonds. The number of aryl methyl sites for hydroxylation is 2. The van der Waals surface area contributed by atoms with Crippen molar-refractivity contribution < 1.29 is 27.8 Å². The molecule has 16 heteroatoms. The van der Waals surface area contributed by atoms with Gasteiger partial charge < -0.3 is 29.5 Å². The summed E-state index contributed by atoms with van der Waals surface area (Å²) in [6, 6.07) is 19.7. The molecule has 2 aromatic heterocycles. The van der Waals surface area contributed by atoms with Crippen molar-refractivity contribution in [2.24, 2.45) is 23.3 Å². The number of carbonyl (C=O) groups excluding carboxylic acids is 2. The summed E-state index contributed by atoms with van der Waals surface area (Å²) in [5.41, 5.74) is 7.08. The van der Waals surface area contributed by atoms with E-state index in [9.17, 15) is 23.6 Å². The number of piperidine rings is 2. The lowest BCUT2D eigenvalue weighted by molar-refractivity contribution is -0.164. The third-order valence-corrected chi connectivity index (χ3v) is 17.7. The lowest BCUT2D eigenvalue weighted by Gasteiger charge is -2.63. The predicted molar refractivity (Wildman–Crippen MR) is 275 cm³/mol. The van der Waals surface area contributed by atoms with Gasteiger partial charge in [-0.1, -0.05) is 27.7 Å². The lowest BCUT2D eigenvalue weighted by atomic mass is 9.49. The Hall–Kier alpha value is -6.47. The van der Waals surface area contributed by atoms with Gasteiger partial charge in [0.2, 0.25) is 5.91 Å². The van der Waals surface area contributed by atoms with Crippen LogP contribution < -0.4 is 24.6 Å². The highest BCUT2D eigenvalue weighted by molar-refractivity contribution is 5.95. The largest absolute Gasteiger partial charge is 0.495 e. The van der Waals surface area contributed by atoms with Gasteiger partial charge in [0, 0.05) is 134 Å². The number of anilines is 3. The van der Waals surface area contributed by atoms with Crippen LogP contribution in [0.25, 0.3) is 11.1 Å². The van der Waals surface area contributed by atoms with Crippen LogP contribution in [0, 0.1) is 27.6 Å². The fourth-order valence-electron chi connectivity index (χ4n) is 13.9. The van der Waals surface area contributed by atoms with Crippen molar-refractivity contribution in [3.8, 4) is 28.7 Å². The molecule has 1 atom stereocenters. The number of amides is 2. The molecule has 73 heavy (non-hydrogen) atoms. The van der Waals surface area contributed by atoms with Gasteiger partial charge in [0.05, 0.1) is 31.5 Å². The van der Waals surface area contributed by atoms with E-state index in [4.69, 9.17) is 14.6 Å². The lowest BCUT2D eigenvalue weighted by Crippen LogP contribution is -2.74. The first kappa shape index (κ1) is 48.8. The first-order chi connectivity index (χ1) is 35.0. The molecule has 5 aromatic rings. The van der Waals surface area contributed by atoms with Crippen molar-refractivity contribution in [3.05, 3.63) is 101 Å². The maximum Gasteiger partial charge on any atom is 0.264 e. The van der Waals surface area contributed by atoms with Crippen molar-refractivity contribution in [3.63, 3.8) is 0 Å². The molecule has 11 rings (SSSR count). The summed E-state index contributed by atoms with van der Waals surface area (Å²) in [6.07, 6.45) is 8.46. The van der Waals surface area contributed by atoms with E-state index in [0.717, 1.165) is 99.4 Å². The molecule has 1 spiro atoms. The Morgan fingerprint density at radius 1 is 0.932 bits per heavy atom. The number of rotatable bonds is 11. The van der Waals surface area contributed by atoms with Crippen molar-refractivity contribution in [1.29, 1.82) is 5.26 Å². The van der Waals surface area contributed by atoms with Crippen LogP contribution in [-0.4, -0.2) is 106 Å². The van der Waals surface area contributed by atoms with Gasteiger partial charge in [-0.05, 0) is 110 Å². The maximum absolute atomic E-state index is 14.8. The first-order valence-electron chi connectivity index (χ1n) is 26.2. The third-order valence-electron chi connectivity index (χ3n) is 17.7. The number of nitrogens with one attached hydrogen (secondary N) is 1. The molecule has 3 aromatic carbocycles. The van der Waals surface area contributed by atoms with E-state index in [0.29, 0.717) is 64.8 Å². The molecule has 2 saturated heterocycles. The van der Waals surface area contributed by atoms with E-state index in [1.807, 2.05) is 23.1 Å². The number of alkyl halides is 2. The second kappa shape index (κ2) is 18.5. The number of fused-ring (bicyclic) bond motifs is 2. The topological polar surface area (TPSA) is 137 Å². The van der Waals surface area contributed by atoms with E-state index in [2.05, 4.69) is 75.7 Å². The van der Waals surface area contributed by atoms with Crippen molar-refractivity contribution >= 4 is 29.0 Å². The second-order valence-electron chi connectivity index (χ2n) is 22.8. The van der Waals surface area contributed by atoms with E-state index in [1.165, 1.54) is 12.1 Å². The summed E-state index contributed by atoms with van der Waals surface area (Å²) in [4.78, 5) is 35.7. The van der Waals surface area contributed by atoms with Gasteiger partial charge in [-0.2, -0.15) is 15.5 Å². The normalized spacial score (nSPS) is 23.1. The molecule has 6 aliphatic rings. The van der Waals surface area contributed by atoms with Gasteiger partial charge in [-0.3, -0.25) is 23.9 Å². The fraction of sp³-hybridized carbons (Fsp3) is 0.526. The van der Waals surface area contributed by atoms with Crippen LogP contribution in [0.4, 0.5) is 26.0 Å². The molecule has 1 unspecified atom stereocenters. The predicted octanol–water partition coefficient (Wildman–Crippen LogP) is 9.40. The number of aromatic nitrogens is 4. The van der Waals surface area contributed by atoms with Gasteiger partial charge in [-0.25, -0.2) is 8.78 Å². The van der Waals surface area contributed by atoms with E-state index in [-0.39, 0.29) is 46.4 Å². The third kappa shape index (κ3) is 8.58. The molecule has 0 bridgehead atoms. The van der Waals surface area contributed by atoms with Crippen molar-refractivity contribution in [2.45, 2.75) is 123 Å². The summed E-state index contributed by atoms with van der Waals surface area (Å²) in [5, 5.41) is 22.4. The Bertz CT molecular complexity index is 2960. The van der Waals surface area contributed by atoms with Gasteiger partial charge in [0.15, 0.2) is 5.82 Å². The molecule has 0 radical (unpaired) electrons. The molecule has 6 heterocycles. The van der Waals surface area contributed by atoms with Crippen LogP contribution in [-0.2, 0) is 31.2 Å². The molecule has 4 aliphatic heterocycles.